The molecule has 0 aliphatic heterocycles. The van der Waals surface area contributed by atoms with Crippen LogP contribution < -0.4 is 0 Å². The summed E-state index contributed by atoms with van der Waals surface area (Å²) in [4.78, 5) is 28.1. The average Bonchev–Trinajstić information content (AvgIpc) is 2.57. The lowest BCUT2D eigenvalue weighted by Crippen LogP contribution is -2.22. The first-order valence-corrected chi connectivity index (χ1v) is 7.99. The number of aromatic nitrogens is 1. The van der Waals surface area contributed by atoms with Crippen molar-refractivity contribution < 1.29 is 14.3 Å². The second-order valence-corrected chi connectivity index (χ2v) is 6.42. The molecule has 0 aliphatic rings. The molecule has 0 aliphatic carbocycles. The summed E-state index contributed by atoms with van der Waals surface area (Å²) in [6.07, 6.45) is 6.07. The van der Waals surface area contributed by atoms with Crippen LogP contribution in [0, 0.1) is 0 Å². The van der Waals surface area contributed by atoms with Gasteiger partial charge in [0, 0.05) is 11.6 Å². The molecule has 0 N–H and O–H groups in total. The maximum absolute atomic E-state index is 12.1. The van der Waals surface area contributed by atoms with E-state index < -0.39 is 11.6 Å². The van der Waals surface area contributed by atoms with E-state index in [1.165, 1.54) is 12.2 Å². The molecule has 1 aromatic carbocycles. The van der Waals surface area contributed by atoms with Gasteiger partial charge < -0.3 is 4.74 Å². The van der Waals surface area contributed by atoms with Gasteiger partial charge in [-0.25, -0.2) is 9.78 Å². The van der Waals surface area contributed by atoms with E-state index in [4.69, 9.17) is 4.74 Å². The van der Waals surface area contributed by atoms with Crippen LogP contribution in [0.25, 0.3) is 12.2 Å². The molecule has 0 spiro atoms. The van der Waals surface area contributed by atoms with E-state index in [1.807, 2.05) is 45.0 Å². The van der Waals surface area contributed by atoms with E-state index in [0.29, 0.717) is 17.0 Å². The van der Waals surface area contributed by atoms with Gasteiger partial charge >= 0.3 is 5.97 Å². The van der Waals surface area contributed by atoms with Crippen molar-refractivity contribution in [3.8, 4) is 0 Å². The number of hydrogen-bond donors (Lipinski definition) is 0. The Kier molecular flexibility index (Phi) is 6.01. The van der Waals surface area contributed by atoms with E-state index >= 15 is 0 Å². The molecule has 0 fully saturated rings. The Labute approximate surface area is 147 Å². The fourth-order valence-electron chi connectivity index (χ4n) is 2.00. The summed E-state index contributed by atoms with van der Waals surface area (Å²) in [6.45, 7) is 5.43. The van der Waals surface area contributed by atoms with Gasteiger partial charge in [0.2, 0.25) is 0 Å². The molecular formula is C21H21NO3. The van der Waals surface area contributed by atoms with Crippen LogP contribution in [0.5, 0.6) is 0 Å². The van der Waals surface area contributed by atoms with Crippen molar-refractivity contribution in [2.24, 2.45) is 0 Å². The first-order valence-electron chi connectivity index (χ1n) is 7.99. The highest BCUT2D eigenvalue weighted by atomic mass is 16.6. The zero-order valence-corrected chi connectivity index (χ0v) is 14.6. The van der Waals surface area contributed by atoms with Crippen molar-refractivity contribution in [3.63, 3.8) is 0 Å². The van der Waals surface area contributed by atoms with Crippen LogP contribution in [0.15, 0.2) is 60.7 Å². The number of hydrogen-bond acceptors (Lipinski definition) is 4. The molecule has 0 bridgehead atoms. The molecule has 128 valence electrons. The highest BCUT2D eigenvalue weighted by Gasteiger charge is 2.13. The van der Waals surface area contributed by atoms with Crippen molar-refractivity contribution in [1.82, 2.24) is 4.98 Å². The molecule has 0 amide bonds. The predicted molar refractivity (Wildman–Crippen MR) is 98.9 cm³/mol. The van der Waals surface area contributed by atoms with Gasteiger partial charge in [-0.15, -0.1) is 0 Å². The average molecular weight is 335 g/mol. The molecule has 0 saturated heterocycles. The van der Waals surface area contributed by atoms with Crippen molar-refractivity contribution in [2.75, 3.05) is 0 Å². The minimum atomic E-state index is -0.531. The Balaban J connectivity index is 2.05. The van der Waals surface area contributed by atoms with Crippen LogP contribution in [-0.4, -0.2) is 22.3 Å². The lowest BCUT2D eigenvalue weighted by molar-refractivity contribution is -0.148. The molecule has 25 heavy (non-hydrogen) atoms. The Hall–Kier alpha value is -3.01. The first kappa shape index (κ1) is 18.3. The first-order chi connectivity index (χ1) is 11.8. The maximum Gasteiger partial charge on any atom is 0.331 e. The SMILES string of the molecule is CC(C)(C)OC(=O)/C=C/c1cccc(/C=C/C(=O)c2ccccc2)n1. The fraction of sp³-hybridized carbons (Fsp3) is 0.190. The third kappa shape index (κ3) is 6.55. The number of carbonyl (C=O) groups excluding carboxylic acids is 2. The number of ketones is 1. The quantitative estimate of drug-likeness (QED) is 0.463. The van der Waals surface area contributed by atoms with Crippen molar-refractivity contribution in [1.29, 1.82) is 0 Å². The fourth-order valence-corrected chi connectivity index (χ4v) is 2.00. The van der Waals surface area contributed by atoms with Gasteiger partial charge in [-0.3, -0.25) is 4.79 Å². The minimum Gasteiger partial charge on any atom is -0.457 e. The van der Waals surface area contributed by atoms with Gasteiger partial charge in [0.05, 0.1) is 11.4 Å². The summed E-state index contributed by atoms with van der Waals surface area (Å²) in [7, 11) is 0. The molecule has 0 saturated carbocycles. The van der Waals surface area contributed by atoms with E-state index in [9.17, 15) is 9.59 Å². The topological polar surface area (TPSA) is 56.3 Å². The van der Waals surface area contributed by atoms with Crippen LogP contribution in [-0.2, 0) is 9.53 Å². The zero-order chi connectivity index (χ0) is 18.3. The van der Waals surface area contributed by atoms with Gasteiger partial charge in [0.1, 0.15) is 5.60 Å². The number of ether oxygens (including phenoxy) is 1. The number of rotatable bonds is 5. The van der Waals surface area contributed by atoms with Gasteiger partial charge in [-0.2, -0.15) is 0 Å². The van der Waals surface area contributed by atoms with Crippen molar-refractivity contribution in [2.45, 2.75) is 26.4 Å². The molecule has 0 unspecified atom stereocenters. The zero-order valence-electron chi connectivity index (χ0n) is 14.6. The van der Waals surface area contributed by atoms with Crippen LogP contribution >= 0.6 is 0 Å². The standard InChI is InChI=1S/C21H21NO3/c1-21(2,3)25-20(24)15-13-18-11-7-10-17(22-18)12-14-19(23)16-8-5-4-6-9-16/h4-15H,1-3H3/b14-12+,15-13+. The van der Waals surface area contributed by atoms with Gasteiger partial charge in [-0.1, -0.05) is 36.4 Å². The summed E-state index contributed by atoms with van der Waals surface area (Å²) in [6, 6.07) is 14.4. The summed E-state index contributed by atoms with van der Waals surface area (Å²) >= 11 is 0. The highest BCUT2D eigenvalue weighted by molar-refractivity contribution is 6.06. The molecule has 0 radical (unpaired) electrons. The Morgan fingerprint density at radius 1 is 0.880 bits per heavy atom. The molecule has 0 atom stereocenters. The summed E-state index contributed by atoms with van der Waals surface area (Å²) in [5, 5.41) is 0. The smallest absolute Gasteiger partial charge is 0.331 e. The van der Waals surface area contributed by atoms with E-state index in [2.05, 4.69) is 4.98 Å². The maximum atomic E-state index is 12.1. The number of pyridine rings is 1. The van der Waals surface area contributed by atoms with Crippen LogP contribution in [0.4, 0.5) is 0 Å². The van der Waals surface area contributed by atoms with Gasteiger partial charge in [-0.05, 0) is 51.1 Å². The molecular weight excluding hydrogens is 314 g/mol. The Morgan fingerprint density at radius 2 is 1.48 bits per heavy atom. The monoisotopic (exact) mass is 335 g/mol. The molecule has 1 heterocycles. The molecule has 4 nitrogen and oxygen atoms in total. The van der Waals surface area contributed by atoms with Crippen LogP contribution in [0.2, 0.25) is 0 Å². The number of nitrogens with zero attached hydrogens (tertiary/aromatic N) is 1. The lowest BCUT2D eigenvalue weighted by Gasteiger charge is -2.17. The Bertz CT molecular complexity index is 799. The van der Waals surface area contributed by atoms with Crippen LogP contribution in [0.1, 0.15) is 42.5 Å². The van der Waals surface area contributed by atoms with Gasteiger partial charge in [0.25, 0.3) is 0 Å². The number of allylic oxidation sites excluding steroid dienone is 1. The third-order valence-electron chi connectivity index (χ3n) is 3.05. The molecule has 1 aromatic heterocycles. The van der Waals surface area contributed by atoms with E-state index in [-0.39, 0.29) is 5.78 Å². The second kappa shape index (κ2) is 8.20. The molecule has 2 aromatic rings. The lowest BCUT2D eigenvalue weighted by atomic mass is 10.1. The summed E-state index contributed by atoms with van der Waals surface area (Å²) in [5.41, 5.74) is 1.34. The normalized spacial score (nSPS) is 11.8. The molecule has 2 rings (SSSR count). The summed E-state index contributed by atoms with van der Waals surface area (Å²) in [5.74, 6) is -0.508. The second-order valence-electron chi connectivity index (χ2n) is 6.42. The number of carbonyl (C=O) groups is 2. The highest BCUT2D eigenvalue weighted by Crippen LogP contribution is 2.09. The Morgan fingerprint density at radius 3 is 2.08 bits per heavy atom. The largest absolute Gasteiger partial charge is 0.457 e. The summed E-state index contributed by atoms with van der Waals surface area (Å²) < 4.78 is 5.21. The minimum absolute atomic E-state index is 0.0860. The van der Waals surface area contributed by atoms with Crippen molar-refractivity contribution >= 4 is 23.9 Å². The predicted octanol–water partition coefficient (Wildman–Crippen LogP) is 4.33. The number of esters is 1. The van der Waals surface area contributed by atoms with E-state index in [0.717, 1.165) is 0 Å². The van der Waals surface area contributed by atoms with Crippen molar-refractivity contribution in [3.05, 3.63) is 77.6 Å². The van der Waals surface area contributed by atoms with Crippen LogP contribution in [0.3, 0.4) is 0 Å². The number of benzene rings is 1. The van der Waals surface area contributed by atoms with E-state index in [1.54, 1.807) is 36.4 Å². The molecule has 4 heteroatoms. The third-order valence-corrected chi connectivity index (χ3v) is 3.05. The van der Waals surface area contributed by atoms with Gasteiger partial charge in [0.15, 0.2) is 5.78 Å².